The van der Waals surface area contributed by atoms with Crippen LogP contribution < -0.4 is 4.74 Å². The molecule has 2 heterocycles. The van der Waals surface area contributed by atoms with Crippen molar-refractivity contribution >= 4 is 27.3 Å². The maximum absolute atomic E-state index is 12.6. The zero-order valence-electron chi connectivity index (χ0n) is 20.1. The summed E-state index contributed by atoms with van der Waals surface area (Å²) in [7, 11) is 2.17. The number of likely N-dealkylation sites (tertiary alicyclic amines) is 1. The summed E-state index contributed by atoms with van der Waals surface area (Å²) in [6.07, 6.45) is 3.86. The quantitative estimate of drug-likeness (QED) is 0.370. The molecule has 4 rings (SSSR count). The summed E-state index contributed by atoms with van der Waals surface area (Å²) in [6, 6.07) is 19.4. The van der Waals surface area contributed by atoms with Gasteiger partial charge < -0.3 is 9.64 Å². The van der Waals surface area contributed by atoms with E-state index < -0.39 is 0 Å². The number of amides is 1. The number of benzene rings is 2. The molecule has 176 valence electrons. The molecular weight excluding hydrogens is 428 g/mol. The van der Waals surface area contributed by atoms with Crippen molar-refractivity contribution in [1.82, 2.24) is 9.80 Å². The molecule has 1 saturated heterocycles. The second-order valence-electron chi connectivity index (χ2n) is 9.22. The Kier molecular flexibility index (Phi) is 8.05. The number of ether oxygens (including phenoxy) is 1. The van der Waals surface area contributed by atoms with Crippen LogP contribution in [0.5, 0.6) is 5.75 Å². The Morgan fingerprint density at radius 1 is 1.06 bits per heavy atom. The molecule has 0 bridgehead atoms. The van der Waals surface area contributed by atoms with Crippen molar-refractivity contribution in [2.24, 2.45) is 5.92 Å². The molecule has 3 aromatic rings. The van der Waals surface area contributed by atoms with E-state index in [-0.39, 0.29) is 12.0 Å². The maximum atomic E-state index is 12.6. The van der Waals surface area contributed by atoms with Crippen molar-refractivity contribution in [3.05, 3.63) is 65.0 Å². The van der Waals surface area contributed by atoms with Crippen LogP contribution in [0.2, 0.25) is 0 Å². The van der Waals surface area contributed by atoms with E-state index in [1.807, 2.05) is 16.2 Å². The highest BCUT2D eigenvalue weighted by Gasteiger charge is 2.27. The lowest BCUT2D eigenvalue weighted by Crippen LogP contribution is -2.44. The molecule has 0 spiro atoms. The van der Waals surface area contributed by atoms with Gasteiger partial charge in [0, 0.05) is 54.5 Å². The zero-order valence-corrected chi connectivity index (χ0v) is 20.9. The van der Waals surface area contributed by atoms with Crippen molar-refractivity contribution < 1.29 is 9.53 Å². The number of piperidine rings is 1. The molecular formula is C28H36N2O2S. The number of carbonyl (C=O) groups is 1. The molecule has 2 aromatic carbocycles. The third kappa shape index (κ3) is 6.15. The van der Waals surface area contributed by atoms with E-state index in [0.29, 0.717) is 5.91 Å². The fraction of sp³-hybridized carbons (Fsp3) is 0.464. The van der Waals surface area contributed by atoms with Gasteiger partial charge in [0.25, 0.3) is 0 Å². The van der Waals surface area contributed by atoms with E-state index in [1.54, 1.807) is 0 Å². The summed E-state index contributed by atoms with van der Waals surface area (Å²) in [6.45, 7) is 7.68. The first-order valence-electron chi connectivity index (χ1n) is 12.3. The van der Waals surface area contributed by atoms with Gasteiger partial charge in [0.1, 0.15) is 11.9 Å². The monoisotopic (exact) mass is 464 g/mol. The molecule has 4 nitrogen and oxygen atoms in total. The molecule has 1 amide bonds. The zero-order chi connectivity index (χ0) is 23.2. The molecule has 0 N–H and O–H groups in total. The number of fused-ring (bicyclic) bond motifs is 1. The van der Waals surface area contributed by atoms with Crippen LogP contribution in [-0.2, 0) is 17.9 Å². The predicted molar refractivity (Wildman–Crippen MR) is 138 cm³/mol. The summed E-state index contributed by atoms with van der Waals surface area (Å²) in [5, 5.41) is 1.33. The largest absolute Gasteiger partial charge is 0.490 e. The van der Waals surface area contributed by atoms with Crippen molar-refractivity contribution in [3.63, 3.8) is 0 Å². The molecule has 0 aliphatic carbocycles. The highest BCUT2D eigenvalue weighted by molar-refractivity contribution is 7.19. The summed E-state index contributed by atoms with van der Waals surface area (Å²) in [5.41, 5.74) is 1.29. The first-order chi connectivity index (χ1) is 16.1. The van der Waals surface area contributed by atoms with Crippen molar-refractivity contribution in [3.8, 4) is 5.75 Å². The highest BCUT2D eigenvalue weighted by atomic mass is 32.1. The molecule has 5 heteroatoms. The Balaban J connectivity index is 1.24. The van der Waals surface area contributed by atoms with E-state index in [1.165, 1.54) is 20.5 Å². The van der Waals surface area contributed by atoms with Crippen LogP contribution in [0.25, 0.3) is 10.1 Å². The van der Waals surface area contributed by atoms with E-state index >= 15 is 0 Å². The van der Waals surface area contributed by atoms with Crippen molar-refractivity contribution in [1.29, 1.82) is 0 Å². The van der Waals surface area contributed by atoms with Gasteiger partial charge in [-0.3, -0.25) is 9.69 Å². The lowest BCUT2D eigenvalue weighted by atomic mass is 9.99. The number of rotatable bonds is 9. The minimum Gasteiger partial charge on any atom is -0.490 e. The normalized spacial score (nSPS) is 15.0. The number of hydrogen-bond donors (Lipinski definition) is 0. The third-order valence-electron chi connectivity index (χ3n) is 6.67. The molecule has 0 atom stereocenters. The minimum atomic E-state index is 0.173. The van der Waals surface area contributed by atoms with Crippen LogP contribution in [0.3, 0.4) is 0 Å². The topological polar surface area (TPSA) is 32.8 Å². The Hall–Kier alpha value is -2.37. The highest BCUT2D eigenvalue weighted by Crippen LogP contribution is 2.27. The average molecular weight is 465 g/mol. The van der Waals surface area contributed by atoms with Crippen LogP contribution in [0.15, 0.2) is 54.6 Å². The van der Waals surface area contributed by atoms with E-state index in [0.717, 1.165) is 57.6 Å². The predicted octanol–water partition coefficient (Wildman–Crippen LogP) is 6.34. The molecule has 1 aliphatic heterocycles. The van der Waals surface area contributed by atoms with Crippen LogP contribution in [0, 0.1) is 5.92 Å². The van der Waals surface area contributed by atoms with Gasteiger partial charge in [-0.15, -0.1) is 11.3 Å². The second kappa shape index (κ2) is 11.2. The Labute approximate surface area is 202 Å². The fourth-order valence-corrected chi connectivity index (χ4v) is 5.85. The van der Waals surface area contributed by atoms with Crippen LogP contribution >= 0.6 is 11.3 Å². The Morgan fingerprint density at radius 3 is 2.42 bits per heavy atom. The van der Waals surface area contributed by atoms with E-state index in [4.69, 9.17) is 4.74 Å². The maximum Gasteiger partial charge on any atom is 0.225 e. The van der Waals surface area contributed by atoms with Crippen molar-refractivity contribution in [2.75, 3.05) is 20.1 Å². The summed E-state index contributed by atoms with van der Waals surface area (Å²) >= 11 is 1.88. The summed E-state index contributed by atoms with van der Waals surface area (Å²) < 4.78 is 7.59. The molecule has 1 fully saturated rings. The average Bonchev–Trinajstić information content (AvgIpc) is 3.23. The van der Waals surface area contributed by atoms with E-state index in [2.05, 4.69) is 80.4 Å². The van der Waals surface area contributed by atoms with Gasteiger partial charge in [-0.2, -0.15) is 0 Å². The molecule has 1 aliphatic rings. The first kappa shape index (κ1) is 23.8. The lowest BCUT2D eigenvalue weighted by molar-refractivity contribution is -0.137. The fourth-order valence-electron chi connectivity index (χ4n) is 4.70. The van der Waals surface area contributed by atoms with Gasteiger partial charge in [0.05, 0.1) is 0 Å². The number of nitrogens with zero attached hydrogens (tertiary/aromatic N) is 2. The molecule has 33 heavy (non-hydrogen) atoms. The number of hydrogen-bond acceptors (Lipinski definition) is 4. The van der Waals surface area contributed by atoms with Gasteiger partial charge in [-0.1, -0.05) is 44.2 Å². The van der Waals surface area contributed by atoms with Crippen LogP contribution in [0.4, 0.5) is 0 Å². The van der Waals surface area contributed by atoms with Crippen LogP contribution in [-0.4, -0.2) is 41.9 Å². The molecule has 0 radical (unpaired) electrons. The smallest absolute Gasteiger partial charge is 0.225 e. The van der Waals surface area contributed by atoms with Gasteiger partial charge >= 0.3 is 0 Å². The summed E-state index contributed by atoms with van der Waals surface area (Å²) in [5.74, 6) is 1.42. The molecule has 0 unspecified atom stereocenters. The molecule has 0 saturated carbocycles. The van der Waals surface area contributed by atoms with Crippen LogP contribution in [0.1, 0.15) is 50.0 Å². The van der Waals surface area contributed by atoms with E-state index in [9.17, 15) is 4.79 Å². The summed E-state index contributed by atoms with van der Waals surface area (Å²) in [4.78, 5) is 18.4. The standard InChI is InChI=1S/C28H36N2O2S/c1-4-22(5-2)28(31)30-16-14-25(15-17-30)32-24-12-10-21(11-13-24)19-29(3)20-26-18-23-8-6-7-9-27(23)33-26/h6-13,18,22,25H,4-5,14-17,19-20H2,1-3H3. The lowest BCUT2D eigenvalue weighted by Gasteiger charge is -2.34. The van der Waals surface area contributed by atoms with Gasteiger partial charge in [-0.25, -0.2) is 0 Å². The van der Waals surface area contributed by atoms with Gasteiger partial charge in [-0.05, 0) is 55.1 Å². The molecule has 1 aromatic heterocycles. The minimum absolute atomic E-state index is 0.173. The SMILES string of the molecule is CCC(CC)C(=O)N1CCC(Oc2ccc(CN(C)Cc3cc4ccccc4s3)cc2)CC1. The second-order valence-corrected chi connectivity index (χ2v) is 10.4. The third-order valence-corrected chi connectivity index (χ3v) is 7.77. The van der Waals surface area contributed by atoms with Crippen molar-refractivity contribution in [2.45, 2.75) is 58.7 Å². The number of thiophene rings is 1. The number of carbonyl (C=O) groups excluding carboxylic acids is 1. The Bertz CT molecular complexity index is 1000. The van der Waals surface area contributed by atoms with Gasteiger partial charge in [0.15, 0.2) is 0 Å². The first-order valence-corrected chi connectivity index (χ1v) is 13.1. The Morgan fingerprint density at radius 2 is 1.76 bits per heavy atom. The van der Waals surface area contributed by atoms with Gasteiger partial charge in [0.2, 0.25) is 5.91 Å².